The normalized spacial score (nSPS) is 18.3. The van der Waals surface area contributed by atoms with Crippen LogP contribution in [0, 0.1) is 5.92 Å². The van der Waals surface area contributed by atoms with Crippen molar-refractivity contribution in [1.82, 2.24) is 15.1 Å². The number of aliphatic hydroxyl groups excluding tert-OH is 1. The van der Waals surface area contributed by atoms with E-state index in [-0.39, 0.29) is 24.5 Å². The molecule has 1 aromatic heterocycles. The summed E-state index contributed by atoms with van der Waals surface area (Å²) in [4.78, 5) is 14.7. The number of nitrogens with zero attached hydrogens (tertiary/aromatic N) is 2. The van der Waals surface area contributed by atoms with Crippen molar-refractivity contribution in [2.24, 2.45) is 5.92 Å². The van der Waals surface area contributed by atoms with Gasteiger partial charge in [0.2, 0.25) is 5.91 Å². The molecule has 122 valence electrons. The van der Waals surface area contributed by atoms with Crippen molar-refractivity contribution in [2.45, 2.75) is 31.7 Å². The molecule has 0 aliphatic heterocycles. The third kappa shape index (κ3) is 3.29. The first-order valence-electron chi connectivity index (χ1n) is 8.14. The Morgan fingerprint density at radius 2 is 2.22 bits per heavy atom. The summed E-state index contributed by atoms with van der Waals surface area (Å²) < 4.78 is 0. The van der Waals surface area contributed by atoms with Crippen molar-refractivity contribution >= 4 is 5.91 Å². The number of aliphatic hydroxyl groups is 1. The average Bonchev–Trinajstić information content (AvgIpc) is 3.07. The Hall–Kier alpha value is -2.14. The van der Waals surface area contributed by atoms with Crippen LogP contribution in [0.2, 0.25) is 0 Å². The molecule has 1 aliphatic rings. The fraction of sp³-hybridized carbons (Fsp3) is 0.444. The molecule has 0 bridgehead atoms. The number of hydrogen-bond acceptors (Lipinski definition) is 3. The van der Waals surface area contributed by atoms with Gasteiger partial charge >= 0.3 is 0 Å². The number of aromatic amines is 1. The number of aryl methyl sites for hydroxylation is 1. The summed E-state index contributed by atoms with van der Waals surface area (Å²) in [6, 6.07) is 9.83. The molecule has 0 spiro atoms. The Kier molecular flexibility index (Phi) is 4.76. The summed E-state index contributed by atoms with van der Waals surface area (Å²) in [6.45, 7) is 0.0620. The van der Waals surface area contributed by atoms with Gasteiger partial charge in [0, 0.05) is 31.7 Å². The van der Waals surface area contributed by atoms with Gasteiger partial charge < -0.3 is 10.0 Å². The van der Waals surface area contributed by atoms with E-state index in [4.69, 9.17) is 0 Å². The minimum atomic E-state index is -0.0862. The van der Waals surface area contributed by atoms with Crippen LogP contribution in [-0.2, 0) is 17.6 Å². The van der Waals surface area contributed by atoms with Gasteiger partial charge in [0.25, 0.3) is 0 Å². The number of carbonyl (C=O) groups is 1. The van der Waals surface area contributed by atoms with Crippen LogP contribution in [0.3, 0.4) is 0 Å². The number of fused-ring (bicyclic) bond motifs is 1. The lowest BCUT2D eigenvalue weighted by Gasteiger charge is -2.32. The SMILES string of the molecule is CN(C(=O)C1CCc2cn[nH]c2C1)C(CCO)c1ccccc1. The molecule has 0 saturated heterocycles. The molecule has 5 heteroatoms. The zero-order chi connectivity index (χ0) is 16.2. The quantitative estimate of drug-likeness (QED) is 0.888. The first kappa shape index (κ1) is 15.7. The maximum absolute atomic E-state index is 12.9. The third-order valence-corrected chi connectivity index (χ3v) is 4.77. The maximum atomic E-state index is 12.9. The number of amides is 1. The van der Waals surface area contributed by atoms with E-state index < -0.39 is 0 Å². The topological polar surface area (TPSA) is 69.2 Å². The van der Waals surface area contributed by atoms with E-state index in [1.54, 1.807) is 4.90 Å². The van der Waals surface area contributed by atoms with Crippen LogP contribution in [0.15, 0.2) is 36.5 Å². The second-order valence-electron chi connectivity index (χ2n) is 6.20. The highest BCUT2D eigenvalue weighted by atomic mass is 16.3. The van der Waals surface area contributed by atoms with Crippen molar-refractivity contribution < 1.29 is 9.90 Å². The lowest BCUT2D eigenvalue weighted by atomic mass is 9.86. The van der Waals surface area contributed by atoms with Crippen LogP contribution < -0.4 is 0 Å². The van der Waals surface area contributed by atoms with E-state index in [9.17, 15) is 9.90 Å². The van der Waals surface area contributed by atoms with E-state index >= 15 is 0 Å². The van der Waals surface area contributed by atoms with E-state index in [1.165, 1.54) is 5.56 Å². The second-order valence-corrected chi connectivity index (χ2v) is 6.20. The van der Waals surface area contributed by atoms with Crippen LogP contribution in [0.25, 0.3) is 0 Å². The van der Waals surface area contributed by atoms with Gasteiger partial charge in [-0.3, -0.25) is 9.89 Å². The fourth-order valence-corrected chi connectivity index (χ4v) is 3.44. The number of hydrogen-bond donors (Lipinski definition) is 2. The molecule has 0 saturated carbocycles. The Morgan fingerprint density at radius 1 is 1.43 bits per heavy atom. The highest BCUT2D eigenvalue weighted by Crippen LogP contribution is 2.29. The number of nitrogens with one attached hydrogen (secondary N) is 1. The van der Waals surface area contributed by atoms with Crippen molar-refractivity contribution in [3.05, 3.63) is 53.3 Å². The molecule has 23 heavy (non-hydrogen) atoms. The Labute approximate surface area is 136 Å². The van der Waals surface area contributed by atoms with Gasteiger partial charge in [-0.15, -0.1) is 0 Å². The van der Waals surface area contributed by atoms with Gasteiger partial charge in [-0.05, 0) is 30.4 Å². The summed E-state index contributed by atoms with van der Waals surface area (Å²) in [5.41, 5.74) is 3.38. The summed E-state index contributed by atoms with van der Waals surface area (Å²) in [5.74, 6) is 0.130. The molecular formula is C18H23N3O2. The standard InChI is InChI=1S/C18H23N3O2/c1-21(17(9-10-22)13-5-3-2-4-6-13)18(23)14-7-8-15-12-19-20-16(15)11-14/h2-6,12,14,17,22H,7-11H2,1H3,(H,19,20). The Bertz CT molecular complexity index is 653. The summed E-state index contributed by atoms with van der Waals surface area (Å²) in [6.07, 6.45) is 4.88. The summed E-state index contributed by atoms with van der Waals surface area (Å²) in [5, 5.41) is 16.5. The van der Waals surface area contributed by atoms with E-state index in [1.807, 2.05) is 43.6 Å². The molecule has 0 fully saturated rings. The number of H-pyrrole nitrogens is 1. The third-order valence-electron chi connectivity index (χ3n) is 4.77. The molecule has 3 rings (SSSR count). The predicted octanol–water partition coefficient (Wildman–Crippen LogP) is 2.10. The lowest BCUT2D eigenvalue weighted by molar-refractivity contribution is -0.137. The van der Waals surface area contributed by atoms with Gasteiger partial charge in [-0.1, -0.05) is 30.3 Å². The molecule has 1 aliphatic carbocycles. The molecule has 0 radical (unpaired) electrons. The largest absolute Gasteiger partial charge is 0.396 e. The molecule has 5 nitrogen and oxygen atoms in total. The first-order valence-corrected chi connectivity index (χ1v) is 8.14. The summed E-state index contributed by atoms with van der Waals surface area (Å²) in [7, 11) is 1.85. The van der Waals surface area contributed by atoms with E-state index in [0.29, 0.717) is 6.42 Å². The first-order chi connectivity index (χ1) is 11.2. The predicted molar refractivity (Wildman–Crippen MR) is 87.8 cm³/mol. The Balaban J connectivity index is 1.75. The van der Waals surface area contributed by atoms with Crippen molar-refractivity contribution in [2.75, 3.05) is 13.7 Å². The van der Waals surface area contributed by atoms with Crippen LogP contribution >= 0.6 is 0 Å². The van der Waals surface area contributed by atoms with Crippen molar-refractivity contribution in [3.63, 3.8) is 0 Å². The molecule has 2 atom stereocenters. The fourth-order valence-electron chi connectivity index (χ4n) is 3.44. The van der Waals surface area contributed by atoms with E-state index in [2.05, 4.69) is 10.2 Å². The van der Waals surface area contributed by atoms with Crippen LogP contribution in [0.5, 0.6) is 0 Å². The number of benzene rings is 1. The maximum Gasteiger partial charge on any atom is 0.226 e. The minimum absolute atomic E-state index is 0.0159. The second kappa shape index (κ2) is 6.96. The molecule has 1 amide bonds. The molecule has 1 aromatic carbocycles. The number of carbonyl (C=O) groups excluding carboxylic acids is 1. The molecule has 2 unspecified atom stereocenters. The zero-order valence-electron chi connectivity index (χ0n) is 13.4. The van der Waals surface area contributed by atoms with Crippen LogP contribution in [0.4, 0.5) is 0 Å². The van der Waals surface area contributed by atoms with Gasteiger partial charge in [-0.25, -0.2) is 0 Å². The van der Waals surface area contributed by atoms with E-state index in [0.717, 1.165) is 30.5 Å². The Morgan fingerprint density at radius 3 is 2.96 bits per heavy atom. The summed E-state index contributed by atoms with van der Waals surface area (Å²) >= 11 is 0. The monoisotopic (exact) mass is 313 g/mol. The van der Waals surface area contributed by atoms with Gasteiger partial charge in [0.05, 0.1) is 12.2 Å². The zero-order valence-corrected chi connectivity index (χ0v) is 13.4. The molecule has 2 N–H and O–H groups in total. The molecule has 2 aromatic rings. The van der Waals surface area contributed by atoms with Crippen LogP contribution in [0.1, 0.15) is 35.7 Å². The van der Waals surface area contributed by atoms with Crippen molar-refractivity contribution in [3.8, 4) is 0 Å². The number of aromatic nitrogens is 2. The smallest absolute Gasteiger partial charge is 0.226 e. The van der Waals surface area contributed by atoms with Gasteiger partial charge in [-0.2, -0.15) is 5.10 Å². The minimum Gasteiger partial charge on any atom is -0.396 e. The van der Waals surface area contributed by atoms with Crippen LogP contribution in [-0.4, -0.2) is 39.8 Å². The highest BCUT2D eigenvalue weighted by molar-refractivity contribution is 5.79. The molecular weight excluding hydrogens is 290 g/mol. The number of rotatable bonds is 5. The highest BCUT2D eigenvalue weighted by Gasteiger charge is 2.31. The van der Waals surface area contributed by atoms with Gasteiger partial charge in [0.15, 0.2) is 0 Å². The average molecular weight is 313 g/mol. The lowest BCUT2D eigenvalue weighted by Crippen LogP contribution is -2.38. The molecule has 1 heterocycles. The van der Waals surface area contributed by atoms with Gasteiger partial charge in [0.1, 0.15) is 0 Å². The van der Waals surface area contributed by atoms with Crippen molar-refractivity contribution in [1.29, 1.82) is 0 Å².